The molecule has 10 heteroatoms. The molecule has 192 valence electrons. The van der Waals surface area contributed by atoms with Crippen LogP contribution in [0.5, 0.6) is 5.75 Å². The van der Waals surface area contributed by atoms with Crippen molar-refractivity contribution in [3.63, 3.8) is 0 Å². The topological polar surface area (TPSA) is 137 Å². The summed E-state index contributed by atoms with van der Waals surface area (Å²) in [6.45, 7) is 6.04. The van der Waals surface area contributed by atoms with Gasteiger partial charge in [-0.3, -0.25) is 9.59 Å². The van der Waals surface area contributed by atoms with Crippen LogP contribution in [-0.2, 0) is 35.0 Å². The summed E-state index contributed by atoms with van der Waals surface area (Å²) in [4.78, 5) is 46.2. The molecule has 1 aromatic rings. The number of carboxylic acids is 1. The first-order chi connectivity index (χ1) is 16.8. The first kappa shape index (κ1) is 27.8. The molecule has 1 saturated carbocycles. The Labute approximate surface area is 204 Å². The number of aliphatic carboxylic acids is 1. The van der Waals surface area contributed by atoms with Crippen molar-refractivity contribution in [3.8, 4) is 5.75 Å². The van der Waals surface area contributed by atoms with E-state index in [1.165, 1.54) is 0 Å². The van der Waals surface area contributed by atoms with Crippen molar-refractivity contribution in [2.45, 2.75) is 39.0 Å². The molecule has 0 bridgehead atoms. The second kappa shape index (κ2) is 14.8. The Morgan fingerprint density at radius 3 is 2.23 bits per heavy atom. The lowest BCUT2D eigenvalue weighted by atomic mass is 9.82. The molecule has 0 aromatic heterocycles. The van der Waals surface area contributed by atoms with Crippen LogP contribution < -0.4 is 10.1 Å². The molecule has 10 nitrogen and oxygen atoms in total. The Kier molecular flexibility index (Phi) is 11.8. The third kappa shape index (κ3) is 10.6. The Balaban J connectivity index is 1.55. The Hall–Kier alpha value is -3.40. The molecule has 0 aliphatic heterocycles. The van der Waals surface area contributed by atoms with Gasteiger partial charge in [-0.25, -0.2) is 9.59 Å². The van der Waals surface area contributed by atoms with E-state index in [2.05, 4.69) is 11.9 Å². The third-order valence-electron chi connectivity index (χ3n) is 5.50. The molecule has 1 fully saturated rings. The van der Waals surface area contributed by atoms with Crippen LogP contribution in [0, 0.1) is 11.8 Å². The Morgan fingerprint density at radius 1 is 0.943 bits per heavy atom. The van der Waals surface area contributed by atoms with Gasteiger partial charge >= 0.3 is 24.0 Å². The molecule has 1 aliphatic carbocycles. The van der Waals surface area contributed by atoms with Crippen LogP contribution in [0.4, 0.5) is 4.79 Å². The summed E-state index contributed by atoms with van der Waals surface area (Å²) in [5, 5.41) is 11.6. The van der Waals surface area contributed by atoms with Gasteiger partial charge in [0.15, 0.2) is 0 Å². The van der Waals surface area contributed by atoms with E-state index in [9.17, 15) is 19.2 Å². The van der Waals surface area contributed by atoms with Crippen molar-refractivity contribution in [2.75, 3.05) is 33.0 Å². The first-order valence-corrected chi connectivity index (χ1v) is 11.6. The fourth-order valence-corrected chi connectivity index (χ4v) is 3.46. The zero-order valence-corrected chi connectivity index (χ0v) is 20.0. The molecule has 1 amide bonds. The minimum absolute atomic E-state index is 0.113. The van der Waals surface area contributed by atoms with Crippen molar-refractivity contribution in [2.24, 2.45) is 11.8 Å². The monoisotopic (exact) mass is 491 g/mol. The highest BCUT2D eigenvalue weighted by Crippen LogP contribution is 2.30. The van der Waals surface area contributed by atoms with E-state index >= 15 is 0 Å². The largest absolute Gasteiger partial charge is 0.481 e. The molecule has 0 saturated heterocycles. The van der Waals surface area contributed by atoms with Crippen molar-refractivity contribution in [3.05, 3.63) is 42.0 Å². The molecule has 0 radical (unpaired) electrons. The number of benzene rings is 1. The molecule has 2 rings (SSSR count). The maximum Gasteiger partial charge on any atom is 0.407 e. The number of alkyl carbamates (subject to hydrolysis) is 1. The molecule has 0 unspecified atom stereocenters. The average molecular weight is 492 g/mol. The minimum Gasteiger partial charge on any atom is -0.481 e. The Morgan fingerprint density at radius 2 is 1.60 bits per heavy atom. The van der Waals surface area contributed by atoms with Gasteiger partial charge in [0, 0.05) is 18.5 Å². The zero-order valence-electron chi connectivity index (χ0n) is 20.0. The number of esters is 2. The first-order valence-electron chi connectivity index (χ1n) is 11.6. The van der Waals surface area contributed by atoms with Gasteiger partial charge in [-0.1, -0.05) is 18.7 Å². The van der Waals surface area contributed by atoms with Crippen molar-refractivity contribution in [1.82, 2.24) is 5.32 Å². The van der Waals surface area contributed by atoms with Gasteiger partial charge < -0.3 is 29.4 Å². The van der Waals surface area contributed by atoms with Crippen molar-refractivity contribution >= 4 is 24.0 Å². The lowest BCUT2D eigenvalue weighted by Gasteiger charge is -2.24. The number of hydrogen-bond acceptors (Lipinski definition) is 8. The average Bonchev–Trinajstić information content (AvgIpc) is 2.84. The van der Waals surface area contributed by atoms with Crippen LogP contribution in [0.15, 0.2) is 36.4 Å². The van der Waals surface area contributed by atoms with Crippen LogP contribution in [0.25, 0.3) is 0 Å². The second-order valence-electron chi connectivity index (χ2n) is 8.29. The van der Waals surface area contributed by atoms with Crippen molar-refractivity contribution < 1.29 is 43.2 Å². The van der Waals surface area contributed by atoms with Gasteiger partial charge in [0.05, 0.1) is 31.7 Å². The fraction of sp³-hybridized carbons (Fsp3) is 0.520. The summed E-state index contributed by atoms with van der Waals surface area (Å²) in [5.74, 6) is -1.84. The minimum atomic E-state index is -0.807. The van der Waals surface area contributed by atoms with Gasteiger partial charge in [-0.15, -0.1) is 0 Å². The maximum absolute atomic E-state index is 12.3. The van der Waals surface area contributed by atoms with Crippen LogP contribution >= 0.6 is 0 Å². The van der Waals surface area contributed by atoms with Gasteiger partial charge in [0.2, 0.25) is 0 Å². The highest BCUT2D eigenvalue weighted by molar-refractivity contribution is 5.86. The van der Waals surface area contributed by atoms with E-state index in [0.29, 0.717) is 43.4 Å². The fourth-order valence-electron chi connectivity index (χ4n) is 3.46. The van der Waals surface area contributed by atoms with Crippen LogP contribution in [-0.4, -0.2) is 62.1 Å². The van der Waals surface area contributed by atoms with Crippen LogP contribution in [0.1, 0.15) is 38.2 Å². The number of nitrogens with one attached hydrogen (secondary N) is 1. The highest BCUT2D eigenvalue weighted by atomic mass is 16.6. The molecule has 2 N–H and O–H groups in total. The number of amides is 1. The van der Waals surface area contributed by atoms with Gasteiger partial charge in [0.1, 0.15) is 12.4 Å². The summed E-state index contributed by atoms with van der Waals surface area (Å²) in [5.41, 5.74) is 1.23. The van der Waals surface area contributed by atoms with Gasteiger partial charge in [0.25, 0.3) is 0 Å². The zero-order chi connectivity index (χ0) is 25.6. The summed E-state index contributed by atoms with van der Waals surface area (Å²) in [6, 6.07) is 6.95. The Bertz CT molecular complexity index is 873. The lowest BCUT2D eigenvalue weighted by Crippen LogP contribution is -2.29. The number of ether oxygens (including phenoxy) is 4. The molecule has 1 aliphatic rings. The smallest absolute Gasteiger partial charge is 0.407 e. The molecular formula is C25H33NO9. The SMILES string of the molecule is C=C(C)C(=O)OCCOCCNC(=O)OCCc1ccc(OC(=O)C2CCC(C(=O)O)CC2)cc1. The number of carboxylic acid groups (broad SMARTS) is 1. The van der Waals surface area contributed by atoms with E-state index < -0.39 is 18.0 Å². The number of carbonyl (C=O) groups excluding carboxylic acids is 3. The van der Waals surface area contributed by atoms with E-state index in [4.69, 9.17) is 24.1 Å². The standard InChI is InChI=1S/C25H33NO9/c1-17(2)23(29)33-16-15-32-14-12-26-25(31)34-13-11-18-3-9-21(10-4-18)35-24(30)20-7-5-19(6-8-20)22(27)28/h3-4,9-10,19-20H,1,5-8,11-16H2,2H3,(H,26,31)(H,27,28). The summed E-state index contributed by atoms with van der Waals surface area (Å²) in [6.07, 6.45) is 1.94. The van der Waals surface area contributed by atoms with E-state index in [1.807, 2.05) is 0 Å². The summed E-state index contributed by atoms with van der Waals surface area (Å²) < 4.78 is 20.7. The molecule has 35 heavy (non-hydrogen) atoms. The van der Waals surface area contributed by atoms with Crippen LogP contribution in [0.2, 0.25) is 0 Å². The number of carbonyl (C=O) groups is 4. The predicted octanol–water partition coefficient (Wildman–Crippen LogP) is 2.89. The molecule has 0 heterocycles. The maximum atomic E-state index is 12.3. The van der Waals surface area contributed by atoms with E-state index in [0.717, 1.165) is 5.56 Å². The van der Waals surface area contributed by atoms with Gasteiger partial charge in [-0.05, 0) is 50.3 Å². The van der Waals surface area contributed by atoms with E-state index in [1.54, 1.807) is 31.2 Å². The molecule has 0 atom stereocenters. The molecular weight excluding hydrogens is 458 g/mol. The van der Waals surface area contributed by atoms with E-state index in [-0.39, 0.29) is 50.8 Å². The summed E-state index contributed by atoms with van der Waals surface area (Å²) >= 11 is 0. The predicted molar refractivity (Wildman–Crippen MR) is 125 cm³/mol. The number of rotatable bonds is 13. The van der Waals surface area contributed by atoms with Crippen molar-refractivity contribution in [1.29, 1.82) is 0 Å². The number of hydrogen-bond donors (Lipinski definition) is 2. The second-order valence-corrected chi connectivity index (χ2v) is 8.29. The third-order valence-corrected chi connectivity index (χ3v) is 5.50. The van der Waals surface area contributed by atoms with Crippen LogP contribution in [0.3, 0.4) is 0 Å². The van der Waals surface area contributed by atoms with Gasteiger partial charge in [-0.2, -0.15) is 0 Å². The molecule has 1 aromatic carbocycles. The highest BCUT2D eigenvalue weighted by Gasteiger charge is 2.30. The molecule has 0 spiro atoms. The lowest BCUT2D eigenvalue weighted by molar-refractivity contribution is -0.146. The summed E-state index contributed by atoms with van der Waals surface area (Å²) in [7, 11) is 0. The normalized spacial score (nSPS) is 17.2. The quantitative estimate of drug-likeness (QED) is 0.185.